The molecule has 1 fully saturated rings. The molecule has 0 radical (unpaired) electrons. The summed E-state index contributed by atoms with van der Waals surface area (Å²) in [7, 11) is 2.07. The van der Waals surface area contributed by atoms with Crippen molar-refractivity contribution in [1.82, 2.24) is 5.32 Å². The van der Waals surface area contributed by atoms with E-state index in [2.05, 4.69) is 44.4 Å². The van der Waals surface area contributed by atoms with E-state index >= 15 is 0 Å². The van der Waals surface area contributed by atoms with Crippen LogP contribution in [0.4, 0.5) is 0 Å². The molecule has 1 aromatic carbocycles. The standard InChI is InChI=1S/C17H27NO/c1-4-19-17-10-9-13(2)11-15(17)16(18-3)12-14-7-5-6-8-14/h9-11,14,16,18H,4-8,12H2,1-3H3. The van der Waals surface area contributed by atoms with Crippen molar-refractivity contribution < 1.29 is 4.74 Å². The van der Waals surface area contributed by atoms with Gasteiger partial charge in [0.15, 0.2) is 0 Å². The maximum absolute atomic E-state index is 5.80. The largest absolute Gasteiger partial charge is 0.494 e. The normalized spacial score (nSPS) is 17.6. The van der Waals surface area contributed by atoms with Crippen LogP contribution < -0.4 is 10.1 Å². The van der Waals surface area contributed by atoms with Gasteiger partial charge in [-0.05, 0) is 39.3 Å². The lowest BCUT2D eigenvalue weighted by molar-refractivity contribution is 0.325. The van der Waals surface area contributed by atoms with Gasteiger partial charge < -0.3 is 10.1 Å². The SMILES string of the molecule is CCOc1ccc(C)cc1C(CC1CCCC1)NC. The number of hydrogen-bond donors (Lipinski definition) is 1. The molecule has 106 valence electrons. The summed E-state index contributed by atoms with van der Waals surface area (Å²) in [5.41, 5.74) is 2.64. The predicted molar refractivity (Wildman–Crippen MR) is 80.7 cm³/mol. The van der Waals surface area contributed by atoms with Crippen molar-refractivity contribution in [3.8, 4) is 5.75 Å². The van der Waals surface area contributed by atoms with Gasteiger partial charge in [0.2, 0.25) is 0 Å². The van der Waals surface area contributed by atoms with E-state index in [1.54, 1.807) is 0 Å². The van der Waals surface area contributed by atoms with Crippen LogP contribution in [0.3, 0.4) is 0 Å². The molecule has 2 rings (SSSR count). The van der Waals surface area contributed by atoms with Crippen LogP contribution in [0.25, 0.3) is 0 Å². The van der Waals surface area contributed by atoms with Gasteiger partial charge in [0.1, 0.15) is 5.75 Å². The van der Waals surface area contributed by atoms with Crippen LogP contribution in [0, 0.1) is 12.8 Å². The second-order valence-corrected chi connectivity index (χ2v) is 5.70. The van der Waals surface area contributed by atoms with Crippen LogP contribution >= 0.6 is 0 Å². The number of aryl methyl sites for hydroxylation is 1. The Kier molecular flexibility index (Phi) is 5.26. The summed E-state index contributed by atoms with van der Waals surface area (Å²) in [4.78, 5) is 0. The van der Waals surface area contributed by atoms with E-state index in [1.165, 1.54) is 43.2 Å². The van der Waals surface area contributed by atoms with Crippen molar-refractivity contribution >= 4 is 0 Å². The smallest absolute Gasteiger partial charge is 0.124 e. The van der Waals surface area contributed by atoms with Crippen LogP contribution in [-0.4, -0.2) is 13.7 Å². The van der Waals surface area contributed by atoms with Crippen LogP contribution in [0.1, 0.15) is 56.2 Å². The molecule has 1 aliphatic rings. The second kappa shape index (κ2) is 6.95. The van der Waals surface area contributed by atoms with E-state index in [0.29, 0.717) is 6.04 Å². The summed E-state index contributed by atoms with van der Waals surface area (Å²) < 4.78 is 5.80. The number of benzene rings is 1. The number of nitrogens with one attached hydrogen (secondary N) is 1. The van der Waals surface area contributed by atoms with Gasteiger partial charge in [-0.15, -0.1) is 0 Å². The third-order valence-electron chi connectivity index (χ3n) is 4.23. The molecule has 1 unspecified atom stereocenters. The Bertz CT molecular complexity index is 396. The Morgan fingerprint density at radius 3 is 2.68 bits per heavy atom. The fraction of sp³-hybridized carbons (Fsp3) is 0.647. The molecule has 19 heavy (non-hydrogen) atoms. The fourth-order valence-electron chi connectivity index (χ4n) is 3.21. The molecule has 0 heterocycles. The van der Waals surface area contributed by atoms with Gasteiger partial charge in [-0.25, -0.2) is 0 Å². The van der Waals surface area contributed by atoms with Crippen molar-refractivity contribution in [2.75, 3.05) is 13.7 Å². The number of hydrogen-bond acceptors (Lipinski definition) is 2. The summed E-state index contributed by atoms with van der Waals surface area (Å²) in [6, 6.07) is 6.95. The van der Waals surface area contributed by atoms with Gasteiger partial charge in [-0.3, -0.25) is 0 Å². The maximum atomic E-state index is 5.80. The van der Waals surface area contributed by atoms with Gasteiger partial charge >= 0.3 is 0 Å². The molecule has 0 aliphatic heterocycles. The molecule has 1 atom stereocenters. The predicted octanol–water partition coefficient (Wildman–Crippen LogP) is 4.23. The van der Waals surface area contributed by atoms with Crippen LogP contribution in [0.2, 0.25) is 0 Å². The van der Waals surface area contributed by atoms with E-state index in [0.717, 1.165) is 18.3 Å². The zero-order valence-corrected chi connectivity index (χ0v) is 12.5. The molecule has 2 heteroatoms. The minimum absolute atomic E-state index is 0.421. The Hall–Kier alpha value is -1.02. The van der Waals surface area contributed by atoms with Crippen molar-refractivity contribution in [3.05, 3.63) is 29.3 Å². The van der Waals surface area contributed by atoms with Crippen LogP contribution in [-0.2, 0) is 0 Å². The van der Waals surface area contributed by atoms with Crippen LogP contribution in [0.15, 0.2) is 18.2 Å². The summed E-state index contributed by atoms with van der Waals surface area (Å²) in [6.07, 6.45) is 6.85. The Balaban J connectivity index is 2.17. The molecular formula is C17H27NO. The van der Waals surface area contributed by atoms with Gasteiger partial charge in [-0.2, -0.15) is 0 Å². The molecule has 1 aromatic rings. The first-order valence-corrected chi connectivity index (χ1v) is 7.65. The zero-order valence-electron chi connectivity index (χ0n) is 12.5. The highest BCUT2D eigenvalue weighted by Crippen LogP contribution is 2.36. The molecule has 0 spiro atoms. The highest BCUT2D eigenvalue weighted by atomic mass is 16.5. The minimum Gasteiger partial charge on any atom is -0.494 e. The molecule has 0 saturated heterocycles. The second-order valence-electron chi connectivity index (χ2n) is 5.70. The topological polar surface area (TPSA) is 21.3 Å². The van der Waals surface area contributed by atoms with Crippen molar-refractivity contribution in [1.29, 1.82) is 0 Å². The highest BCUT2D eigenvalue weighted by molar-refractivity contribution is 5.39. The summed E-state index contributed by atoms with van der Waals surface area (Å²) in [5, 5.41) is 3.49. The van der Waals surface area contributed by atoms with Crippen LogP contribution in [0.5, 0.6) is 5.75 Å². The Labute approximate surface area is 117 Å². The molecule has 1 N–H and O–H groups in total. The molecule has 1 aliphatic carbocycles. The third-order valence-corrected chi connectivity index (χ3v) is 4.23. The van der Waals surface area contributed by atoms with Gasteiger partial charge in [0.05, 0.1) is 6.61 Å². The highest BCUT2D eigenvalue weighted by Gasteiger charge is 2.22. The average Bonchev–Trinajstić information content (AvgIpc) is 2.91. The van der Waals surface area contributed by atoms with Crippen molar-refractivity contribution in [2.24, 2.45) is 5.92 Å². The molecular weight excluding hydrogens is 234 g/mol. The lowest BCUT2D eigenvalue weighted by Crippen LogP contribution is -2.20. The quantitative estimate of drug-likeness (QED) is 0.827. The molecule has 0 bridgehead atoms. The number of ether oxygens (including phenoxy) is 1. The molecule has 2 nitrogen and oxygen atoms in total. The molecule has 0 amide bonds. The summed E-state index contributed by atoms with van der Waals surface area (Å²) in [6.45, 7) is 4.94. The first-order valence-electron chi connectivity index (χ1n) is 7.65. The van der Waals surface area contributed by atoms with E-state index in [4.69, 9.17) is 4.74 Å². The molecule has 1 saturated carbocycles. The van der Waals surface area contributed by atoms with E-state index in [1.807, 2.05) is 0 Å². The summed E-state index contributed by atoms with van der Waals surface area (Å²) in [5.74, 6) is 1.93. The van der Waals surface area contributed by atoms with Gasteiger partial charge in [0.25, 0.3) is 0 Å². The molecule has 0 aromatic heterocycles. The average molecular weight is 261 g/mol. The van der Waals surface area contributed by atoms with E-state index in [9.17, 15) is 0 Å². The van der Waals surface area contributed by atoms with Crippen molar-refractivity contribution in [2.45, 2.75) is 52.0 Å². The van der Waals surface area contributed by atoms with Gasteiger partial charge in [-0.1, -0.05) is 43.4 Å². The first kappa shape index (κ1) is 14.4. The Morgan fingerprint density at radius 2 is 2.05 bits per heavy atom. The van der Waals surface area contributed by atoms with E-state index in [-0.39, 0.29) is 0 Å². The minimum atomic E-state index is 0.421. The first-order chi connectivity index (χ1) is 9.24. The zero-order chi connectivity index (χ0) is 13.7. The monoisotopic (exact) mass is 261 g/mol. The lowest BCUT2D eigenvalue weighted by atomic mass is 9.92. The Morgan fingerprint density at radius 1 is 1.32 bits per heavy atom. The van der Waals surface area contributed by atoms with Crippen molar-refractivity contribution in [3.63, 3.8) is 0 Å². The van der Waals surface area contributed by atoms with Gasteiger partial charge in [0, 0.05) is 11.6 Å². The fourth-order valence-corrected chi connectivity index (χ4v) is 3.21. The lowest BCUT2D eigenvalue weighted by Gasteiger charge is -2.23. The van der Waals surface area contributed by atoms with E-state index < -0.39 is 0 Å². The maximum Gasteiger partial charge on any atom is 0.124 e. The third kappa shape index (κ3) is 3.73. The number of rotatable bonds is 6. The summed E-state index contributed by atoms with van der Waals surface area (Å²) >= 11 is 0.